The van der Waals surface area contributed by atoms with Gasteiger partial charge >= 0.3 is 326 Å². The predicted octanol–water partition coefficient (Wildman–Crippen LogP) is 9.34. The van der Waals surface area contributed by atoms with Crippen molar-refractivity contribution < 1.29 is 71.1 Å². The van der Waals surface area contributed by atoms with Crippen LogP contribution in [0, 0.1) is 11.8 Å². The van der Waals surface area contributed by atoms with E-state index in [1.54, 1.807) is 35.4 Å². The first-order valence-corrected chi connectivity index (χ1v) is 28.9. The number of allylic oxidation sites excluding steroid dienone is 2. The number of alkyl halides is 6. The molecule has 0 bridgehead atoms. The molecule has 0 N–H and O–H groups in total. The molecule has 4 atom stereocenters. The van der Waals surface area contributed by atoms with Gasteiger partial charge in [0, 0.05) is 0 Å². The molecular formula is C48H46Cl2F6Hf. The minimum atomic E-state index is -4.38. The van der Waals surface area contributed by atoms with Crippen LogP contribution in [0.2, 0.25) is 7.35 Å². The third-order valence-electron chi connectivity index (χ3n) is 14.8. The summed E-state index contributed by atoms with van der Waals surface area (Å²) in [7, 11) is 0. The monoisotopic (exact) mass is 986 g/mol. The number of hydrogen-bond donors (Lipinski definition) is 0. The molecule has 4 fully saturated rings. The predicted molar refractivity (Wildman–Crippen MR) is 205 cm³/mol. The molecule has 4 unspecified atom stereocenters. The molecule has 57 heavy (non-hydrogen) atoms. The number of hydrogen-bond acceptors (Lipinski definition) is 0. The first-order chi connectivity index (χ1) is 26.5. The van der Waals surface area contributed by atoms with Gasteiger partial charge < -0.3 is 24.8 Å². The van der Waals surface area contributed by atoms with Crippen molar-refractivity contribution in [3.05, 3.63) is 129 Å². The minimum Gasteiger partial charge on any atom is -1.00 e. The van der Waals surface area contributed by atoms with E-state index in [1.165, 1.54) is 124 Å². The van der Waals surface area contributed by atoms with E-state index in [0.29, 0.717) is 19.2 Å². The number of fused-ring (bicyclic) bond motifs is 3. The smallest absolute Gasteiger partial charge is 1.00 e. The van der Waals surface area contributed by atoms with E-state index >= 15 is 0 Å². The molecule has 4 aromatic carbocycles. The van der Waals surface area contributed by atoms with Crippen molar-refractivity contribution in [1.82, 2.24) is 0 Å². The second-order valence-corrected chi connectivity index (χ2v) is 34.0. The summed E-state index contributed by atoms with van der Waals surface area (Å²) in [6, 6.07) is 24.8. The number of rotatable bonds is 6. The SMILES string of the molecule is FC(F)(F)c1ccc(-c2cccc3c2C=C(C2CCCC2)[CH]3[Hf+2]2([CH]3C(C4CCCC4)=Cc4c(-c5ccc(C(F)(F)F)cc5)cccc43)[CH]3CCCC[CH]32)cc1.[Cl-].[Cl-]. The molecule has 0 amide bonds. The van der Waals surface area contributed by atoms with E-state index in [0.717, 1.165) is 29.6 Å². The summed E-state index contributed by atoms with van der Waals surface area (Å²) in [5.41, 5.74) is 11.1. The standard InChI is InChI=1S/2C21H18F3.C6H10.2ClH.Hf/c2*22-21(23,24)18-10-8-15(9-11-18)19-7-3-6-16-12-17(13-20(16)19)14-4-1-2-5-14;1-2-4-6-5-3-1;;;/h2*3,6-14H,1-2,4-5H2;1-2H,3-6H2;2*1H;/q;;;;;+2/p-2. The molecule has 1 aliphatic heterocycles. The zero-order valence-electron chi connectivity index (χ0n) is 31.7. The summed E-state index contributed by atoms with van der Waals surface area (Å²) in [5, 5.41) is 0. The Bertz CT molecular complexity index is 2030. The molecule has 10 rings (SSSR count). The van der Waals surface area contributed by atoms with Gasteiger partial charge in [0.25, 0.3) is 0 Å². The van der Waals surface area contributed by atoms with E-state index in [9.17, 15) is 26.3 Å². The van der Waals surface area contributed by atoms with Crippen LogP contribution in [-0.2, 0) is 32.3 Å². The maximum Gasteiger partial charge on any atom is -1.00 e. The van der Waals surface area contributed by atoms with Crippen LogP contribution < -0.4 is 24.8 Å². The van der Waals surface area contributed by atoms with Gasteiger partial charge in [0.05, 0.1) is 0 Å². The Morgan fingerprint density at radius 2 is 0.789 bits per heavy atom. The summed E-state index contributed by atoms with van der Waals surface area (Å²) in [6.45, 7) is 0. The zero-order valence-corrected chi connectivity index (χ0v) is 36.8. The fourth-order valence-corrected chi connectivity index (χ4v) is 48.2. The van der Waals surface area contributed by atoms with Crippen LogP contribution in [0.5, 0.6) is 0 Å². The molecule has 5 aliphatic carbocycles. The molecule has 298 valence electrons. The zero-order chi connectivity index (χ0) is 37.7. The maximum absolute atomic E-state index is 13.6. The van der Waals surface area contributed by atoms with E-state index in [-0.39, 0.29) is 24.8 Å². The Hall–Kier alpha value is -2.61. The van der Waals surface area contributed by atoms with Gasteiger partial charge in [-0.2, -0.15) is 0 Å². The Kier molecular flexibility index (Phi) is 11.2. The summed E-state index contributed by atoms with van der Waals surface area (Å²) in [5.74, 6) is 1.08. The van der Waals surface area contributed by atoms with Gasteiger partial charge in [-0.3, -0.25) is 0 Å². The molecule has 0 radical (unpaired) electrons. The van der Waals surface area contributed by atoms with Gasteiger partial charge in [-0.15, -0.1) is 0 Å². The first-order valence-electron chi connectivity index (χ1n) is 20.6. The van der Waals surface area contributed by atoms with Gasteiger partial charge in [0.2, 0.25) is 0 Å². The Labute approximate surface area is 348 Å². The van der Waals surface area contributed by atoms with Crippen LogP contribution >= 0.6 is 0 Å². The van der Waals surface area contributed by atoms with E-state index in [1.807, 2.05) is 0 Å². The molecule has 6 aliphatic rings. The quantitative estimate of drug-likeness (QED) is 0.134. The van der Waals surface area contributed by atoms with Gasteiger partial charge in [-0.1, -0.05) is 0 Å². The molecule has 0 nitrogen and oxygen atoms in total. The van der Waals surface area contributed by atoms with Crippen molar-refractivity contribution in [2.45, 2.75) is 104 Å². The second-order valence-electron chi connectivity index (χ2n) is 17.4. The van der Waals surface area contributed by atoms with Gasteiger partial charge in [-0.05, 0) is 0 Å². The Balaban J connectivity index is 0.00000228. The van der Waals surface area contributed by atoms with Crippen molar-refractivity contribution in [2.24, 2.45) is 11.8 Å². The molecule has 0 aromatic heterocycles. The van der Waals surface area contributed by atoms with Crippen molar-refractivity contribution >= 4 is 12.2 Å². The maximum atomic E-state index is 13.6. The van der Waals surface area contributed by atoms with Crippen molar-refractivity contribution in [3.63, 3.8) is 0 Å². The minimum absolute atomic E-state index is 0. The van der Waals surface area contributed by atoms with E-state index in [2.05, 4.69) is 48.6 Å². The Morgan fingerprint density at radius 1 is 0.439 bits per heavy atom. The second kappa shape index (κ2) is 15.5. The summed E-state index contributed by atoms with van der Waals surface area (Å²) in [6.07, 6.45) is 11.2. The normalized spacial score (nSPS) is 25.7. The van der Waals surface area contributed by atoms with Crippen molar-refractivity contribution in [1.29, 1.82) is 0 Å². The number of halogens is 8. The molecule has 1 heterocycles. The van der Waals surface area contributed by atoms with Crippen LogP contribution in [0.1, 0.15) is 118 Å². The molecule has 1 saturated heterocycles. The van der Waals surface area contributed by atoms with Crippen LogP contribution in [0.4, 0.5) is 26.3 Å². The fraction of sp³-hybridized carbons (Fsp3) is 0.417. The number of benzene rings is 4. The largest absolute Gasteiger partial charge is 1.00 e. The fourth-order valence-electron chi connectivity index (χ4n) is 12.6. The van der Waals surface area contributed by atoms with Crippen LogP contribution in [0.3, 0.4) is 0 Å². The van der Waals surface area contributed by atoms with Crippen molar-refractivity contribution in [2.75, 3.05) is 0 Å². The molecule has 4 aromatic rings. The molecule has 3 saturated carbocycles. The average molecular weight is 986 g/mol. The van der Waals surface area contributed by atoms with E-state index in [4.69, 9.17) is 0 Å². The molecule has 0 spiro atoms. The third kappa shape index (κ3) is 6.76. The van der Waals surface area contributed by atoms with Crippen LogP contribution in [0.15, 0.2) is 96.1 Å². The molecule has 9 heteroatoms. The molecular weight excluding hydrogens is 940 g/mol. The van der Waals surface area contributed by atoms with Crippen LogP contribution in [-0.4, -0.2) is 0 Å². The van der Waals surface area contributed by atoms with Gasteiger partial charge in [0.1, 0.15) is 0 Å². The van der Waals surface area contributed by atoms with Crippen LogP contribution in [0.25, 0.3) is 34.4 Å². The van der Waals surface area contributed by atoms with Crippen molar-refractivity contribution in [3.8, 4) is 22.3 Å². The summed E-state index contributed by atoms with van der Waals surface area (Å²) >= 11 is -3.65. The van der Waals surface area contributed by atoms with Gasteiger partial charge in [0.15, 0.2) is 0 Å². The first kappa shape index (κ1) is 41.1. The average Bonchev–Trinajstić information content (AvgIpc) is 3.85. The summed E-state index contributed by atoms with van der Waals surface area (Å²) < 4.78 is 84.2. The topological polar surface area (TPSA) is 0 Å². The van der Waals surface area contributed by atoms with E-state index < -0.39 is 43.4 Å². The Morgan fingerprint density at radius 3 is 1.14 bits per heavy atom. The third-order valence-corrected chi connectivity index (χ3v) is 39.5. The summed E-state index contributed by atoms with van der Waals surface area (Å²) in [4.78, 5) is 0. The van der Waals surface area contributed by atoms with Gasteiger partial charge in [-0.25, -0.2) is 0 Å².